The zero-order chi connectivity index (χ0) is 18.9. The molecule has 0 aliphatic rings. The van der Waals surface area contributed by atoms with Crippen molar-refractivity contribution in [3.63, 3.8) is 0 Å². The highest BCUT2D eigenvalue weighted by Gasteiger charge is 2.27. The predicted molar refractivity (Wildman–Crippen MR) is 98.6 cm³/mol. The van der Waals surface area contributed by atoms with Crippen molar-refractivity contribution in [1.82, 2.24) is 14.4 Å². The summed E-state index contributed by atoms with van der Waals surface area (Å²) in [5.74, 6) is 0.716. The zero-order valence-corrected chi connectivity index (χ0v) is 16.1. The molecule has 0 radical (unpaired) electrons. The van der Waals surface area contributed by atoms with Crippen LogP contribution < -0.4 is 9.47 Å². The van der Waals surface area contributed by atoms with E-state index in [2.05, 4.69) is 10.3 Å². The van der Waals surface area contributed by atoms with Gasteiger partial charge < -0.3 is 9.47 Å². The molecule has 0 bridgehead atoms. The van der Waals surface area contributed by atoms with Crippen molar-refractivity contribution in [3.8, 4) is 11.5 Å². The van der Waals surface area contributed by atoms with Gasteiger partial charge in [0.15, 0.2) is 0 Å². The Bertz CT molecular complexity index is 1060. The van der Waals surface area contributed by atoms with Crippen LogP contribution in [0.3, 0.4) is 0 Å². The van der Waals surface area contributed by atoms with E-state index in [1.54, 1.807) is 31.2 Å². The van der Waals surface area contributed by atoms with Gasteiger partial charge in [0.2, 0.25) is 0 Å². The lowest BCUT2D eigenvalue weighted by Crippen LogP contribution is -2.16. The van der Waals surface area contributed by atoms with Gasteiger partial charge in [-0.15, -0.1) is 9.19 Å². The van der Waals surface area contributed by atoms with Crippen molar-refractivity contribution in [2.45, 2.75) is 25.7 Å². The molecule has 0 unspecified atom stereocenters. The zero-order valence-electron chi connectivity index (χ0n) is 14.6. The number of hydrogen-bond donors (Lipinski definition) is 0. The fourth-order valence-electron chi connectivity index (χ4n) is 2.57. The third-order valence-electron chi connectivity index (χ3n) is 3.72. The van der Waals surface area contributed by atoms with Crippen molar-refractivity contribution in [2.24, 2.45) is 0 Å². The van der Waals surface area contributed by atoms with Crippen LogP contribution in [0.5, 0.6) is 11.5 Å². The number of fused-ring (bicyclic) bond motifs is 1. The molecule has 0 aliphatic heterocycles. The molecule has 3 aromatic rings. The molecule has 0 spiro atoms. The van der Waals surface area contributed by atoms with Crippen LogP contribution in [-0.2, 0) is 10.0 Å². The first kappa shape index (κ1) is 18.5. The largest absolute Gasteiger partial charge is 0.494 e. The van der Waals surface area contributed by atoms with Crippen LogP contribution in [0.15, 0.2) is 35.2 Å². The third-order valence-corrected chi connectivity index (χ3v) is 5.56. The highest BCUT2D eigenvalue weighted by Crippen LogP contribution is 2.34. The molecule has 0 atom stereocenters. The van der Waals surface area contributed by atoms with Gasteiger partial charge in [0, 0.05) is 11.1 Å². The summed E-state index contributed by atoms with van der Waals surface area (Å²) in [5.41, 5.74) is 1.50. The van der Waals surface area contributed by atoms with Gasteiger partial charge in [0.1, 0.15) is 27.4 Å². The van der Waals surface area contributed by atoms with E-state index in [4.69, 9.17) is 21.1 Å². The Kier molecular flexibility index (Phi) is 5.06. The number of benzene rings is 2. The normalized spacial score (nSPS) is 11.7. The topological polar surface area (TPSA) is 83.3 Å². The van der Waals surface area contributed by atoms with Gasteiger partial charge in [-0.2, -0.15) is 8.42 Å². The molecular weight excluding hydrogens is 378 g/mol. The minimum absolute atomic E-state index is 0.0323. The number of ether oxygens (including phenoxy) is 2. The second kappa shape index (κ2) is 7.13. The molecule has 1 aromatic heterocycles. The van der Waals surface area contributed by atoms with Crippen LogP contribution in [0, 0.1) is 6.92 Å². The lowest BCUT2D eigenvalue weighted by Gasteiger charge is -2.15. The van der Waals surface area contributed by atoms with Gasteiger partial charge in [-0.3, -0.25) is 0 Å². The quantitative estimate of drug-likeness (QED) is 0.635. The Hall–Kier alpha value is -2.32. The molecule has 3 rings (SSSR count). The number of nitrogens with zero attached hydrogens (tertiary/aromatic N) is 3. The van der Waals surface area contributed by atoms with E-state index in [-0.39, 0.29) is 10.6 Å². The van der Waals surface area contributed by atoms with Crippen LogP contribution in [0.4, 0.5) is 0 Å². The second-order valence-electron chi connectivity index (χ2n) is 5.50. The Morgan fingerprint density at radius 1 is 1.08 bits per heavy atom. The first-order valence-electron chi connectivity index (χ1n) is 8.05. The molecule has 9 heteroatoms. The Labute approximate surface area is 156 Å². The van der Waals surface area contributed by atoms with Crippen LogP contribution in [0.2, 0.25) is 5.02 Å². The van der Waals surface area contributed by atoms with Gasteiger partial charge in [-0.1, -0.05) is 16.8 Å². The predicted octanol–water partition coefficient (Wildman–Crippen LogP) is 3.43. The fourth-order valence-corrected chi connectivity index (χ4v) is 4.10. The van der Waals surface area contributed by atoms with Crippen molar-refractivity contribution in [1.29, 1.82) is 0 Å². The molecule has 1 heterocycles. The maximum atomic E-state index is 13.2. The molecule has 0 fully saturated rings. The average Bonchev–Trinajstić information content (AvgIpc) is 3.01. The van der Waals surface area contributed by atoms with Crippen molar-refractivity contribution < 1.29 is 17.9 Å². The summed E-state index contributed by atoms with van der Waals surface area (Å²) in [4.78, 5) is -0.0323. The lowest BCUT2D eigenvalue weighted by molar-refractivity contribution is 0.320. The van der Waals surface area contributed by atoms with Crippen molar-refractivity contribution in [3.05, 3.63) is 40.9 Å². The molecule has 26 heavy (non-hydrogen) atoms. The van der Waals surface area contributed by atoms with Crippen LogP contribution in [-0.4, -0.2) is 36.0 Å². The smallest absolute Gasteiger partial charge is 0.288 e. The van der Waals surface area contributed by atoms with Crippen LogP contribution in [0.1, 0.15) is 19.4 Å². The van der Waals surface area contributed by atoms with Gasteiger partial charge in [-0.05, 0) is 50.6 Å². The van der Waals surface area contributed by atoms with E-state index >= 15 is 0 Å². The van der Waals surface area contributed by atoms with E-state index in [0.717, 1.165) is 9.65 Å². The van der Waals surface area contributed by atoms with E-state index in [0.29, 0.717) is 35.0 Å². The summed E-state index contributed by atoms with van der Waals surface area (Å²) in [5, 5.41) is 8.16. The minimum Gasteiger partial charge on any atom is -0.494 e. The summed E-state index contributed by atoms with van der Waals surface area (Å²) >= 11 is 5.94. The van der Waals surface area contributed by atoms with Crippen LogP contribution >= 0.6 is 11.6 Å². The van der Waals surface area contributed by atoms with Crippen LogP contribution in [0.25, 0.3) is 11.0 Å². The molecule has 0 saturated carbocycles. The Balaban J connectivity index is 2.23. The summed E-state index contributed by atoms with van der Waals surface area (Å²) in [7, 11) is -4.05. The van der Waals surface area contributed by atoms with E-state index in [1.807, 2.05) is 13.8 Å². The van der Waals surface area contributed by atoms with Crippen molar-refractivity contribution in [2.75, 3.05) is 13.2 Å². The molecule has 0 aliphatic carbocycles. The second-order valence-corrected chi connectivity index (χ2v) is 7.67. The van der Waals surface area contributed by atoms with E-state index < -0.39 is 10.0 Å². The Morgan fingerprint density at radius 3 is 2.46 bits per heavy atom. The maximum Gasteiger partial charge on any atom is 0.288 e. The summed E-state index contributed by atoms with van der Waals surface area (Å²) in [6.07, 6.45) is 0. The monoisotopic (exact) mass is 395 g/mol. The van der Waals surface area contributed by atoms with Crippen molar-refractivity contribution >= 4 is 32.7 Å². The number of aromatic nitrogens is 3. The summed E-state index contributed by atoms with van der Waals surface area (Å²) in [6.45, 7) is 6.19. The third kappa shape index (κ3) is 3.22. The van der Waals surface area contributed by atoms with Gasteiger partial charge in [0.25, 0.3) is 10.0 Å². The molecule has 138 valence electrons. The fraction of sp³-hybridized carbons (Fsp3) is 0.294. The Morgan fingerprint density at radius 2 is 1.77 bits per heavy atom. The maximum absolute atomic E-state index is 13.2. The minimum atomic E-state index is -4.05. The van der Waals surface area contributed by atoms with E-state index in [1.165, 1.54) is 6.07 Å². The summed E-state index contributed by atoms with van der Waals surface area (Å²) in [6, 6.07) is 7.82. The average molecular weight is 396 g/mol. The standard InChI is InChI=1S/C17H18ClN3O4S/c1-4-24-15-10-17(16(25-5-2)8-11(15)3)26(22,23)21-14-7-6-12(18)9-13(14)19-20-21/h6-10H,4-5H2,1-3H3. The molecule has 0 N–H and O–H groups in total. The molecular formula is C17H18ClN3O4S. The number of hydrogen-bond acceptors (Lipinski definition) is 6. The number of rotatable bonds is 6. The van der Waals surface area contributed by atoms with Gasteiger partial charge in [-0.25, -0.2) is 0 Å². The highest BCUT2D eigenvalue weighted by molar-refractivity contribution is 7.90. The van der Waals surface area contributed by atoms with E-state index in [9.17, 15) is 8.42 Å². The molecule has 0 saturated heterocycles. The number of halogens is 1. The number of aryl methyl sites for hydroxylation is 1. The molecule has 7 nitrogen and oxygen atoms in total. The first-order valence-corrected chi connectivity index (χ1v) is 9.87. The lowest BCUT2D eigenvalue weighted by atomic mass is 10.2. The highest BCUT2D eigenvalue weighted by atomic mass is 35.5. The van der Waals surface area contributed by atoms with Gasteiger partial charge >= 0.3 is 0 Å². The molecule has 0 amide bonds. The van der Waals surface area contributed by atoms with Gasteiger partial charge in [0.05, 0.1) is 13.2 Å². The first-order chi connectivity index (χ1) is 12.4. The SMILES string of the molecule is CCOc1cc(S(=O)(=O)n2nnc3cc(Cl)ccc32)c(OCC)cc1C. The molecule has 2 aromatic carbocycles. The summed E-state index contributed by atoms with van der Waals surface area (Å²) < 4.78 is 38.5.